The highest BCUT2D eigenvalue weighted by molar-refractivity contribution is 8.01. The van der Waals surface area contributed by atoms with Crippen LogP contribution in [0.5, 0.6) is 0 Å². The summed E-state index contributed by atoms with van der Waals surface area (Å²) in [7, 11) is 0. The average molecular weight is 343 g/mol. The van der Waals surface area contributed by atoms with Crippen molar-refractivity contribution in [3.05, 3.63) is 33.3 Å². The van der Waals surface area contributed by atoms with E-state index in [1.807, 2.05) is 6.92 Å². The van der Waals surface area contributed by atoms with Crippen LogP contribution in [0.3, 0.4) is 0 Å². The maximum absolute atomic E-state index is 12.3. The molecule has 1 aliphatic rings. The maximum Gasteiger partial charge on any atom is 0.271 e. The summed E-state index contributed by atoms with van der Waals surface area (Å²) < 4.78 is 0. The number of hydrogen-bond donors (Lipinski definition) is 1. The second-order valence-electron chi connectivity index (χ2n) is 5.45. The fourth-order valence-corrected chi connectivity index (χ4v) is 4.04. The van der Waals surface area contributed by atoms with Gasteiger partial charge in [0.25, 0.3) is 5.69 Å². The van der Waals surface area contributed by atoms with Gasteiger partial charge in [-0.3, -0.25) is 14.9 Å². The van der Waals surface area contributed by atoms with Gasteiger partial charge in [0.2, 0.25) is 5.91 Å². The van der Waals surface area contributed by atoms with Crippen molar-refractivity contribution in [2.75, 3.05) is 5.32 Å². The number of nitro groups is 1. The number of benzene rings is 1. The Bertz CT molecular complexity index is 562. The topological polar surface area (TPSA) is 72.2 Å². The molecule has 0 spiro atoms. The number of nitrogens with zero attached hydrogens (tertiary/aromatic N) is 1. The van der Waals surface area contributed by atoms with Gasteiger partial charge in [0.05, 0.1) is 20.9 Å². The number of hydrogen-bond acceptors (Lipinski definition) is 4. The van der Waals surface area contributed by atoms with Crippen LogP contribution in [0, 0.1) is 10.1 Å². The van der Waals surface area contributed by atoms with Crippen LogP contribution >= 0.6 is 23.4 Å². The third-order valence-electron chi connectivity index (χ3n) is 3.74. The molecule has 0 aliphatic heterocycles. The van der Waals surface area contributed by atoms with Gasteiger partial charge in [-0.1, -0.05) is 30.9 Å². The number of non-ortho nitro benzene ring substituents is 1. The molecule has 0 aromatic heterocycles. The fourth-order valence-electron chi connectivity index (χ4n) is 2.51. The van der Waals surface area contributed by atoms with Crippen molar-refractivity contribution in [1.29, 1.82) is 0 Å². The molecule has 0 radical (unpaired) electrons. The molecule has 2 rings (SSSR count). The van der Waals surface area contributed by atoms with Crippen molar-refractivity contribution < 1.29 is 9.72 Å². The molecule has 1 aliphatic carbocycles. The summed E-state index contributed by atoms with van der Waals surface area (Å²) in [6.45, 7) is 1.86. The molecule has 22 heavy (non-hydrogen) atoms. The number of thioether (sulfide) groups is 1. The fraction of sp³-hybridized carbons (Fsp3) is 0.533. The SMILES string of the molecule is C[C@@H](SC1CCCCC1)C(=O)Nc1cc([N+](=O)[O-])ccc1Cl. The molecule has 0 bridgehead atoms. The van der Waals surface area contributed by atoms with E-state index in [1.165, 1.54) is 37.5 Å². The molecule has 5 nitrogen and oxygen atoms in total. The van der Waals surface area contributed by atoms with Crippen molar-refractivity contribution in [2.24, 2.45) is 0 Å². The van der Waals surface area contributed by atoms with Gasteiger partial charge < -0.3 is 5.32 Å². The summed E-state index contributed by atoms with van der Waals surface area (Å²) in [6, 6.07) is 4.03. The number of halogens is 1. The number of rotatable bonds is 5. The lowest BCUT2D eigenvalue weighted by molar-refractivity contribution is -0.384. The van der Waals surface area contributed by atoms with Gasteiger partial charge in [-0.15, -0.1) is 11.8 Å². The Balaban J connectivity index is 1.98. The summed E-state index contributed by atoms with van der Waals surface area (Å²) in [5, 5.41) is 14.1. The third kappa shape index (κ3) is 4.61. The third-order valence-corrected chi connectivity index (χ3v) is 5.54. The minimum absolute atomic E-state index is 0.0905. The molecular formula is C15H19ClN2O3S. The summed E-state index contributed by atoms with van der Waals surface area (Å²) in [6.07, 6.45) is 6.03. The van der Waals surface area contributed by atoms with Crippen molar-refractivity contribution in [3.63, 3.8) is 0 Å². The van der Waals surface area contributed by atoms with Crippen LogP contribution in [0.2, 0.25) is 5.02 Å². The van der Waals surface area contributed by atoms with Crippen molar-refractivity contribution >= 4 is 40.6 Å². The van der Waals surface area contributed by atoms with Gasteiger partial charge in [0.1, 0.15) is 0 Å². The van der Waals surface area contributed by atoms with E-state index in [0.717, 1.165) is 12.8 Å². The molecule has 7 heteroatoms. The second kappa shape index (κ2) is 7.83. The number of carbonyl (C=O) groups excluding carboxylic acids is 1. The van der Waals surface area contributed by atoms with Gasteiger partial charge in [0, 0.05) is 17.4 Å². The second-order valence-corrected chi connectivity index (χ2v) is 7.50. The van der Waals surface area contributed by atoms with E-state index in [0.29, 0.717) is 10.3 Å². The summed E-state index contributed by atoms with van der Waals surface area (Å²) in [5.41, 5.74) is 0.198. The van der Waals surface area contributed by atoms with Crippen molar-refractivity contribution in [1.82, 2.24) is 0 Å². The first-order chi connectivity index (χ1) is 10.5. The Hall–Kier alpha value is -1.27. The van der Waals surface area contributed by atoms with Crippen molar-refractivity contribution in [3.8, 4) is 0 Å². The van der Waals surface area contributed by atoms with Gasteiger partial charge in [-0.25, -0.2) is 0 Å². The summed E-state index contributed by atoms with van der Waals surface area (Å²) >= 11 is 7.67. The molecule has 1 fully saturated rings. The van der Waals surface area contributed by atoms with Crippen molar-refractivity contribution in [2.45, 2.75) is 49.5 Å². The predicted molar refractivity (Wildman–Crippen MR) is 90.7 cm³/mol. The maximum atomic E-state index is 12.3. The molecule has 1 saturated carbocycles. The van der Waals surface area contributed by atoms with E-state index in [9.17, 15) is 14.9 Å². The minimum Gasteiger partial charge on any atom is -0.324 e. The number of carbonyl (C=O) groups is 1. The Morgan fingerprint density at radius 1 is 1.41 bits per heavy atom. The summed E-state index contributed by atoms with van der Waals surface area (Å²) in [5.74, 6) is -0.169. The number of amides is 1. The van der Waals surface area contributed by atoms with Gasteiger partial charge in [-0.2, -0.15) is 0 Å². The first kappa shape index (κ1) is 17.1. The Morgan fingerprint density at radius 3 is 2.73 bits per heavy atom. The lowest BCUT2D eigenvalue weighted by Gasteiger charge is -2.24. The molecule has 1 aromatic carbocycles. The van der Waals surface area contributed by atoms with Crippen LogP contribution < -0.4 is 5.32 Å². The Kier molecular flexibility index (Phi) is 6.08. The van der Waals surface area contributed by atoms with Crippen LogP contribution in [0.15, 0.2) is 18.2 Å². The number of anilines is 1. The standard InChI is InChI=1S/C15H19ClN2O3S/c1-10(22-12-5-3-2-4-6-12)15(19)17-14-9-11(18(20)21)7-8-13(14)16/h7-10,12H,2-6H2,1H3,(H,17,19)/t10-/m1/s1. The zero-order valence-electron chi connectivity index (χ0n) is 12.4. The zero-order chi connectivity index (χ0) is 16.1. The van der Waals surface area contributed by atoms with E-state index in [2.05, 4.69) is 5.32 Å². The molecule has 120 valence electrons. The quantitative estimate of drug-likeness (QED) is 0.625. The van der Waals surface area contributed by atoms with E-state index in [1.54, 1.807) is 11.8 Å². The molecule has 1 atom stereocenters. The molecular weight excluding hydrogens is 324 g/mol. The molecule has 0 heterocycles. The van der Waals surface area contributed by atoms with Crippen LogP contribution in [0.1, 0.15) is 39.0 Å². The van der Waals surface area contributed by atoms with E-state index < -0.39 is 4.92 Å². The number of nitro benzene ring substituents is 1. The molecule has 1 aromatic rings. The molecule has 0 saturated heterocycles. The van der Waals surface area contributed by atoms with Crippen LogP contribution in [-0.2, 0) is 4.79 Å². The molecule has 1 N–H and O–H groups in total. The molecule has 1 amide bonds. The Morgan fingerprint density at radius 2 is 2.09 bits per heavy atom. The van der Waals surface area contributed by atoms with Gasteiger partial charge in [-0.05, 0) is 25.8 Å². The monoisotopic (exact) mass is 342 g/mol. The van der Waals surface area contributed by atoms with E-state index in [4.69, 9.17) is 11.6 Å². The zero-order valence-corrected chi connectivity index (χ0v) is 14.0. The Labute approximate surface area is 139 Å². The van der Waals surface area contributed by atoms with Gasteiger partial charge in [0.15, 0.2) is 0 Å². The summed E-state index contributed by atoms with van der Waals surface area (Å²) in [4.78, 5) is 22.5. The normalized spacial score (nSPS) is 17.0. The average Bonchev–Trinajstić information content (AvgIpc) is 2.50. The highest BCUT2D eigenvalue weighted by atomic mass is 35.5. The minimum atomic E-state index is -0.508. The largest absolute Gasteiger partial charge is 0.324 e. The first-order valence-electron chi connectivity index (χ1n) is 7.37. The highest BCUT2D eigenvalue weighted by Gasteiger charge is 2.22. The lowest BCUT2D eigenvalue weighted by atomic mass is 10.0. The highest BCUT2D eigenvalue weighted by Crippen LogP contribution is 2.32. The number of nitrogens with one attached hydrogen (secondary N) is 1. The van der Waals surface area contributed by atoms with E-state index in [-0.39, 0.29) is 22.5 Å². The molecule has 0 unspecified atom stereocenters. The first-order valence-corrected chi connectivity index (χ1v) is 8.69. The smallest absolute Gasteiger partial charge is 0.271 e. The van der Waals surface area contributed by atoms with Crippen LogP contribution in [-0.4, -0.2) is 21.3 Å². The van der Waals surface area contributed by atoms with Gasteiger partial charge >= 0.3 is 0 Å². The predicted octanol–water partition coefficient (Wildman–Crippen LogP) is 4.64. The lowest BCUT2D eigenvalue weighted by Crippen LogP contribution is -2.25. The van der Waals surface area contributed by atoms with E-state index >= 15 is 0 Å². The van der Waals surface area contributed by atoms with Crippen LogP contribution in [0.4, 0.5) is 11.4 Å². The van der Waals surface area contributed by atoms with Crippen LogP contribution in [0.25, 0.3) is 0 Å².